The number of benzene rings is 1. The minimum Gasteiger partial charge on any atom is -0.369 e. The smallest absolute Gasteiger partial charge is 0.191 e. The zero-order valence-electron chi connectivity index (χ0n) is 15.9. The summed E-state index contributed by atoms with van der Waals surface area (Å²) >= 11 is 6.13. The maximum absolute atomic E-state index is 6.13. The lowest BCUT2D eigenvalue weighted by Crippen LogP contribution is -2.64. The fraction of sp³-hybridized carbons (Fsp3) is 0.632. The molecule has 150 valence electrons. The zero-order chi connectivity index (χ0) is 17.9. The molecular formula is C19H30ClIN6. The summed E-state index contributed by atoms with van der Waals surface area (Å²) < 4.78 is 0. The SMILES string of the molecule is CN=C(NCC1CN2CCN1CC2)NC1CCN(c2cccc(Cl)c2)C1.I. The summed E-state index contributed by atoms with van der Waals surface area (Å²) in [5.41, 5.74) is 1.20. The Hall–Kier alpha value is -0.770. The standard InChI is InChI=1S/C19H29ClN6.HI/c1-21-19(22-12-18-14-24-7-9-25(18)10-8-24)23-16-5-6-26(13-16)17-4-2-3-15(20)11-17;/h2-4,11,16,18H,5-10,12-14H2,1H3,(H2,21,22,23);1H. The highest BCUT2D eigenvalue weighted by Crippen LogP contribution is 2.23. The van der Waals surface area contributed by atoms with Gasteiger partial charge in [-0.2, -0.15) is 0 Å². The Morgan fingerprint density at radius 3 is 2.67 bits per heavy atom. The molecule has 2 unspecified atom stereocenters. The van der Waals surface area contributed by atoms with Crippen molar-refractivity contribution in [2.45, 2.75) is 18.5 Å². The van der Waals surface area contributed by atoms with Gasteiger partial charge in [0.15, 0.2) is 5.96 Å². The van der Waals surface area contributed by atoms with E-state index in [2.05, 4.69) is 36.4 Å². The Balaban J connectivity index is 0.00000210. The van der Waals surface area contributed by atoms with Crippen LogP contribution in [0.3, 0.4) is 0 Å². The summed E-state index contributed by atoms with van der Waals surface area (Å²) in [5, 5.41) is 7.94. The van der Waals surface area contributed by atoms with Gasteiger partial charge in [0.05, 0.1) is 0 Å². The van der Waals surface area contributed by atoms with Crippen LogP contribution in [0.15, 0.2) is 29.3 Å². The molecule has 0 radical (unpaired) electrons. The van der Waals surface area contributed by atoms with E-state index in [9.17, 15) is 0 Å². The number of guanidine groups is 1. The van der Waals surface area contributed by atoms with Crippen molar-refractivity contribution in [3.05, 3.63) is 29.3 Å². The van der Waals surface area contributed by atoms with E-state index in [0.29, 0.717) is 12.1 Å². The van der Waals surface area contributed by atoms with Crippen molar-refractivity contribution in [3.63, 3.8) is 0 Å². The molecule has 2 bridgehead atoms. The van der Waals surface area contributed by atoms with Gasteiger partial charge in [-0.3, -0.25) is 14.8 Å². The summed E-state index contributed by atoms with van der Waals surface area (Å²) in [7, 11) is 1.86. The van der Waals surface area contributed by atoms with Gasteiger partial charge in [0.2, 0.25) is 0 Å². The molecule has 4 saturated heterocycles. The third-order valence-corrected chi connectivity index (χ3v) is 6.06. The number of rotatable bonds is 4. The van der Waals surface area contributed by atoms with Crippen LogP contribution < -0.4 is 15.5 Å². The molecule has 1 aromatic rings. The van der Waals surface area contributed by atoms with Crippen molar-refractivity contribution in [2.75, 3.05) is 64.3 Å². The van der Waals surface area contributed by atoms with Gasteiger partial charge in [-0.05, 0) is 24.6 Å². The number of hydrogen-bond acceptors (Lipinski definition) is 4. The number of nitrogens with zero attached hydrogens (tertiary/aromatic N) is 4. The lowest BCUT2D eigenvalue weighted by Gasteiger charge is -2.47. The van der Waals surface area contributed by atoms with Crippen molar-refractivity contribution in [2.24, 2.45) is 4.99 Å². The van der Waals surface area contributed by atoms with Crippen molar-refractivity contribution < 1.29 is 0 Å². The average molecular weight is 505 g/mol. The highest BCUT2D eigenvalue weighted by molar-refractivity contribution is 14.0. The van der Waals surface area contributed by atoms with Gasteiger partial charge < -0.3 is 15.5 Å². The normalized spacial score (nSPS) is 30.1. The first-order valence-corrected chi connectivity index (χ1v) is 10.0. The Bertz CT molecular complexity index is 649. The number of fused-ring (bicyclic) bond motifs is 3. The molecule has 27 heavy (non-hydrogen) atoms. The fourth-order valence-corrected chi connectivity index (χ4v) is 4.49. The Morgan fingerprint density at radius 2 is 2.00 bits per heavy atom. The lowest BCUT2D eigenvalue weighted by atomic mass is 10.1. The van der Waals surface area contributed by atoms with Crippen LogP contribution in [-0.4, -0.2) is 87.2 Å². The van der Waals surface area contributed by atoms with Crippen LogP contribution in [0, 0.1) is 0 Å². The second kappa shape index (κ2) is 9.62. The summed E-state index contributed by atoms with van der Waals surface area (Å²) in [6.45, 7) is 9.02. The zero-order valence-corrected chi connectivity index (χ0v) is 19.0. The summed E-state index contributed by atoms with van der Waals surface area (Å²) in [6.07, 6.45) is 1.11. The van der Waals surface area contributed by atoms with E-state index in [0.717, 1.165) is 37.0 Å². The van der Waals surface area contributed by atoms with Gasteiger partial charge in [-0.25, -0.2) is 0 Å². The third-order valence-electron chi connectivity index (χ3n) is 5.82. The van der Waals surface area contributed by atoms with E-state index in [1.165, 1.54) is 38.4 Å². The number of halogens is 2. The molecule has 4 fully saturated rings. The summed E-state index contributed by atoms with van der Waals surface area (Å²) in [6, 6.07) is 9.12. The van der Waals surface area contributed by atoms with E-state index in [4.69, 9.17) is 11.6 Å². The van der Waals surface area contributed by atoms with E-state index < -0.39 is 0 Å². The predicted octanol–water partition coefficient (Wildman–Crippen LogP) is 1.70. The molecule has 0 amide bonds. The third kappa shape index (κ3) is 5.19. The number of anilines is 1. The Morgan fingerprint density at radius 1 is 1.19 bits per heavy atom. The maximum atomic E-state index is 6.13. The molecule has 4 heterocycles. The van der Waals surface area contributed by atoms with Crippen molar-refractivity contribution in [1.29, 1.82) is 0 Å². The largest absolute Gasteiger partial charge is 0.369 e. The van der Waals surface area contributed by atoms with Crippen LogP contribution in [0.2, 0.25) is 5.02 Å². The van der Waals surface area contributed by atoms with Gasteiger partial charge in [0, 0.05) is 82.2 Å². The van der Waals surface area contributed by atoms with Crippen molar-refractivity contribution in [3.8, 4) is 0 Å². The van der Waals surface area contributed by atoms with E-state index >= 15 is 0 Å². The van der Waals surface area contributed by atoms with Crippen LogP contribution in [0.25, 0.3) is 0 Å². The van der Waals surface area contributed by atoms with E-state index in [-0.39, 0.29) is 24.0 Å². The molecule has 2 atom stereocenters. The minimum atomic E-state index is 0. The van der Waals surface area contributed by atoms with E-state index in [1.54, 1.807) is 0 Å². The quantitative estimate of drug-likeness (QED) is 0.371. The molecule has 2 N–H and O–H groups in total. The van der Waals surface area contributed by atoms with Crippen LogP contribution in [0.4, 0.5) is 5.69 Å². The predicted molar refractivity (Wildman–Crippen MR) is 124 cm³/mol. The topological polar surface area (TPSA) is 46.1 Å². The minimum absolute atomic E-state index is 0. The first-order chi connectivity index (χ1) is 12.7. The molecule has 5 rings (SSSR count). The van der Waals surface area contributed by atoms with Gasteiger partial charge >= 0.3 is 0 Å². The molecule has 1 aromatic carbocycles. The van der Waals surface area contributed by atoms with Gasteiger partial charge in [-0.15, -0.1) is 24.0 Å². The Labute approximate surface area is 184 Å². The summed E-state index contributed by atoms with van der Waals surface area (Å²) in [4.78, 5) is 12.0. The average Bonchev–Trinajstić information content (AvgIpc) is 3.15. The van der Waals surface area contributed by atoms with Crippen LogP contribution in [0.5, 0.6) is 0 Å². The Kier molecular flexibility index (Phi) is 7.47. The number of piperazine rings is 3. The van der Waals surface area contributed by atoms with Gasteiger partial charge in [0.25, 0.3) is 0 Å². The number of hydrogen-bond donors (Lipinski definition) is 2. The van der Waals surface area contributed by atoms with Crippen LogP contribution in [-0.2, 0) is 0 Å². The number of aliphatic imine (C=N–C) groups is 1. The molecule has 4 aliphatic rings. The first kappa shape index (κ1) is 21.0. The molecule has 6 nitrogen and oxygen atoms in total. The van der Waals surface area contributed by atoms with Crippen LogP contribution >= 0.6 is 35.6 Å². The highest BCUT2D eigenvalue weighted by Gasteiger charge is 2.32. The van der Waals surface area contributed by atoms with Crippen molar-refractivity contribution in [1.82, 2.24) is 20.4 Å². The van der Waals surface area contributed by atoms with Gasteiger partial charge in [0.1, 0.15) is 0 Å². The molecule has 0 aliphatic carbocycles. The monoisotopic (exact) mass is 504 g/mol. The lowest BCUT2D eigenvalue weighted by molar-refractivity contribution is 0.0154. The van der Waals surface area contributed by atoms with Crippen molar-refractivity contribution >= 4 is 47.2 Å². The molecule has 0 saturated carbocycles. The molecule has 4 aliphatic heterocycles. The van der Waals surface area contributed by atoms with Crippen LogP contribution in [0.1, 0.15) is 6.42 Å². The second-order valence-corrected chi connectivity index (χ2v) is 7.94. The highest BCUT2D eigenvalue weighted by atomic mass is 127. The molecule has 0 aromatic heterocycles. The molecule has 8 heteroatoms. The number of nitrogens with one attached hydrogen (secondary N) is 2. The van der Waals surface area contributed by atoms with Gasteiger partial charge in [-0.1, -0.05) is 17.7 Å². The molecule has 0 spiro atoms. The molecular weight excluding hydrogens is 475 g/mol. The second-order valence-electron chi connectivity index (χ2n) is 7.50. The fourth-order valence-electron chi connectivity index (χ4n) is 4.31. The first-order valence-electron chi connectivity index (χ1n) is 9.65. The summed E-state index contributed by atoms with van der Waals surface area (Å²) in [5.74, 6) is 0.917. The van der Waals surface area contributed by atoms with E-state index in [1.807, 2.05) is 25.2 Å². The maximum Gasteiger partial charge on any atom is 0.191 e.